The van der Waals surface area contributed by atoms with Crippen LogP contribution in [0.1, 0.15) is 60.2 Å². The van der Waals surface area contributed by atoms with Crippen LogP contribution in [-0.4, -0.2) is 64.9 Å². The lowest BCUT2D eigenvalue weighted by molar-refractivity contribution is -0.137. The number of nitrogens with one attached hydrogen (secondary N) is 1. The molecular formula is C28H38N4O5. The largest absolute Gasteiger partial charge is 0.489 e. The molecule has 1 unspecified atom stereocenters. The first-order valence-corrected chi connectivity index (χ1v) is 12.9. The standard InChI is InChI=1S/C28H38N4O5/c1-3-31(4-2)16-6-15-30-17-20-9-11-21(12-10-20)19-37-25-8-5-7-22-23(25)18-32(28(22)36)24(27(29)35)13-14-26(33)34/h5,7-12,24,30H,3-4,6,13-19H2,1-2H3,(H2,29,35)(H,33,34). The van der Waals surface area contributed by atoms with Gasteiger partial charge >= 0.3 is 5.97 Å². The number of hydrogen-bond acceptors (Lipinski definition) is 6. The van der Waals surface area contributed by atoms with Crippen molar-refractivity contribution in [2.45, 2.75) is 58.8 Å². The Morgan fingerprint density at radius 2 is 1.84 bits per heavy atom. The molecule has 1 heterocycles. The first kappa shape index (κ1) is 28.1. The highest BCUT2D eigenvalue weighted by Crippen LogP contribution is 2.33. The summed E-state index contributed by atoms with van der Waals surface area (Å²) < 4.78 is 6.06. The Labute approximate surface area is 218 Å². The SMILES string of the molecule is CCN(CC)CCCNCc1ccc(COc2cccc3c2CN(C(CCC(=O)O)C(N)=O)C3=O)cc1. The zero-order valence-electron chi connectivity index (χ0n) is 21.7. The summed E-state index contributed by atoms with van der Waals surface area (Å²) in [4.78, 5) is 39.7. The minimum atomic E-state index is -1.04. The van der Waals surface area contributed by atoms with Crippen LogP contribution >= 0.6 is 0 Å². The van der Waals surface area contributed by atoms with Gasteiger partial charge in [-0.3, -0.25) is 14.4 Å². The maximum Gasteiger partial charge on any atom is 0.303 e. The van der Waals surface area contributed by atoms with Crippen LogP contribution < -0.4 is 15.8 Å². The number of primary amides is 1. The molecule has 2 aromatic rings. The molecule has 0 bridgehead atoms. The maximum absolute atomic E-state index is 12.9. The number of carbonyl (C=O) groups is 3. The molecule has 1 aliphatic rings. The van der Waals surface area contributed by atoms with Crippen LogP contribution in [0.15, 0.2) is 42.5 Å². The Balaban J connectivity index is 1.54. The number of nitrogens with zero attached hydrogens (tertiary/aromatic N) is 2. The molecule has 2 amide bonds. The molecule has 200 valence electrons. The van der Waals surface area contributed by atoms with Gasteiger partial charge in [-0.2, -0.15) is 0 Å². The van der Waals surface area contributed by atoms with E-state index in [0.29, 0.717) is 23.5 Å². The summed E-state index contributed by atoms with van der Waals surface area (Å²) in [6.07, 6.45) is 0.839. The van der Waals surface area contributed by atoms with E-state index in [1.54, 1.807) is 18.2 Å². The van der Waals surface area contributed by atoms with Crippen molar-refractivity contribution < 1.29 is 24.2 Å². The van der Waals surface area contributed by atoms with Gasteiger partial charge in [0, 0.05) is 24.1 Å². The summed E-state index contributed by atoms with van der Waals surface area (Å²) in [6.45, 7) is 9.92. The van der Waals surface area contributed by atoms with E-state index in [1.807, 2.05) is 12.1 Å². The molecule has 9 nitrogen and oxygen atoms in total. The third-order valence-electron chi connectivity index (χ3n) is 6.76. The predicted molar refractivity (Wildman–Crippen MR) is 141 cm³/mol. The minimum Gasteiger partial charge on any atom is -0.489 e. The highest BCUT2D eigenvalue weighted by atomic mass is 16.5. The number of carboxylic acid groups (broad SMARTS) is 1. The fourth-order valence-corrected chi connectivity index (χ4v) is 4.54. The molecule has 1 atom stereocenters. The highest BCUT2D eigenvalue weighted by Gasteiger charge is 2.37. The zero-order chi connectivity index (χ0) is 26.8. The van der Waals surface area contributed by atoms with Gasteiger partial charge in [0.1, 0.15) is 18.4 Å². The summed E-state index contributed by atoms with van der Waals surface area (Å²) in [6, 6.07) is 12.5. The third kappa shape index (κ3) is 7.77. The molecule has 37 heavy (non-hydrogen) atoms. The van der Waals surface area contributed by atoms with Crippen molar-refractivity contribution >= 4 is 17.8 Å². The fourth-order valence-electron chi connectivity index (χ4n) is 4.54. The number of amides is 2. The maximum atomic E-state index is 12.9. The third-order valence-corrected chi connectivity index (χ3v) is 6.76. The predicted octanol–water partition coefficient (Wildman–Crippen LogP) is 2.76. The summed E-state index contributed by atoms with van der Waals surface area (Å²) in [5.41, 5.74) is 8.82. The van der Waals surface area contributed by atoms with Crippen LogP contribution in [0, 0.1) is 0 Å². The van der Waals surface area contributed by atoms with Crippen molar-refractivity contribution in [1.29, 1.82) is 0 Å². The molecule has 0 saturated heterocycles. The molecule has 0 spiro atoms. The van der Waals surface area contributed by atoms with Gasteiger partial charge in [-0.25, -0.2) is 0 Å². The summed E-state index contributed by atoms with van der Waals surface area (Å²) in [5.74, 6) is -1.54. The molecular weight excluding hydrogens is 472 g/mol. The van der Waals surface area contributed by atoms with E-state index in [4.69, 9.17) is 15.6 Å². The molecule has 2 aromatic carbocycles. The van der Waals surface area contributed by atoms with Gasteiger partial charge in [0.05, 0.1) is 6.54 Å². The number of ether oxygens (including phenoxy) is 1. The minimum absolute atomic E-state index is 0.0300. The van der Waals surface area contributed by atoms with Crippen LogP contribution in [-0.2, 0) is 29.3 Å². The Bertz CT molecular complexity index is 1070. The number of nitrogens with two attached hydrogens (primary N) is 1. The number of hydrogen-bond donors (Lipinski definition) is 3. The average molecular weight is 511 g/mol. The van der Waals surface area contributed by atoms with Gasteiger partial charge in [-0.05, 0) is 62.3 Å². The van der Waals surface area contributed by atoms with Gasteiger partial charge in [0.2, 0.25) is 5.91 Å². The number of aliphatic carboxylic acids is 1. The Morgan fingerprint density at radius 1 is 1.14 bits per heavy atom. The first-order chi connectivity index (χ1) is 17.8. The van der Waals surface area contributed by atoms with E-state index in [0.717, 1.165) is 44.7 Å². The normalized spacial score (nSPS) is 13.6. The van der Waals surface area contributed by atoms with E-state index in [1.165, 1.54) is 10.5 Å². The summed E-state index contributed by atoms with van der Waals surface area (Å²) >= 11 is 0. The Morgan fingerprint density at radius 3 is 2.49 bits per heavy atom. The van der Waals surface area contributed by atoms with Crippen molar-refractivity contribution in [3.8, 4) is 5.75 Å². The van der Waals surface area contributed by atoms with Gasteiger partial charge in [-0.1, -0.05) is 44.2 Å². The second-order valence-corrected chi connectivity index (χ2v) is 9.23. The molecule has 0 saturated carbocycles. The lowest BCUT2D eigenvalue weighted by Gasteiger charge is -2.24. The first-order valence-electron chi connectivity index (χ1n) is 12.9. The van der Waals surface area contributed by atoms with Crippen molar-refractivity contribution in [3.63, 3.8) is 0 Å². The smallest absolute Gasteiger partial charge is 0.303 e. The van der Waals surface area contributed by atoms with Gasteiger partial charge < -0.3 is 30.7 Å². The van der Waals surface area contributed by atoms with Crippen LogP contribution in [0.5, 0.6) is 5.75 Å². The van der Waals surface area contributed by atoms with E-state index < -0.39 is 17.9 Å². The fraction of sp³-hybridized carbons (Fsp3) is 0.464. The number of rotatable bonds is 16. The van der Waals surface area contributed by atoms with Gasteiger partial charge in [0.15, 0.2) is 0 Å². The topological polar surface area (TPSA) is 125 Å². The molecule has 1 aliphatic heterocycles. The summed E-state index contributed by atoms with van der Waals surface area (Å²) in [7, 11) is 0. The van der Waals surface area contributed by atoms with Gasteiger partial charge in [-0.15, -0.1) is 0 Å². The Hall–Kier alpha value is -3.43. The molecule has 3 rings (SSSR count). The van der Waals surface area contributed by atoms with Crippen molar-refractivity contribution in [2.75, 3.05) is 26.2 Å². The lowest BCUT2D eigenvalue weighted by atomic mass is 10.1. The number of carbonyl (C=O) groups excluding carboxylic acids is 2. The quantitative estimate of drug-likeness (QED) is 0.297. The molecule has 9 heteroatoms. The van der Waals surface area contributed by atoms with Crippen molar-refractivity contribution in [2.24, 2.45) is 5.73 Å². The highest BCUT2D eigenvalue weighted by molar-refractivity contribution is 6.01. The number of carboxylic acids is 1. The molecule has 0 fully saturated rings. The molecule has 0 aliphatic carbocycles. The number of fused-ring (bicyclic) bond motifs is 1. The molecule has 0 radical (unpaired) electrons. The number of benzene rings is 2. The second kappa shape index (κ2) is 13.8. The second-order valence-electron chi connectivity index (χ2n) is 9.23. The lowest BCUT2D eigenvalue weighted by Crippen LogP contribution is -2.45. The molecule has 0 aromatic heterocycles. The summed E-state index contributed by atoms with van der Waals surface area (Å²) in [5, 5.41) is 12.5. The van der Waals surface area contributed by atoms with Crippen LogP contribution in [0.2, 0.25) is 0 Å². The monoisotopic (exact) mass is 510 g/mol. The van der Waals surface area contributed by atoms with Crippen molar-refractivity contribution in [3.05, 3.63) is 64.7 Å². The van der Waals surface area contributed by atoms with Crippen molar-refractivity contribution in [1.82, 2.24) is 15.1 Å². The zero-order valence-corrected chi connectivity index (χ0v) is 21.7. The van der Waals surface area contributed by atoms with E-state index in [9.17, 15) is 14.4 Å². The van der Waals surface area contributed by atoms with Crippen LogP contribution in [0.3, 0.4) is 0 Å². The molecule has 4 N–H and O–H groups in total. The van der Waals surface area contributed by atoms with Gasteiger partial charge in [0.25, 0.3) is 5.91 Å². The average Bonchev–Trinajstić information content (AvgIpc) is 3.22. The van der Waals surface area contributed by atoms with E-state index in [2.05, 4.69) is 36.2 Å². The van der Waals surface area contributed by atoms with E-state index >= 15 is 0 Å². The van der Waals surface area contributed by atoms with Crippen LogP contribution in [0.25, 0.3) is 0 Å². The van der Waals surface area contributed by atoms with Crippen LogP contribution in [0.4, 0.5) is 0 Å². The van der Waals surface area contributed by atoms with E-state index in [-0.39, 0.29) is 25.3 Å². The Kier molecular flexibility index (Phi) is 10.5.